The number of hydrogen-bond acceptors (Lipinski definition) is 7. The molecule has 2 aromatic carbocycles. The number of ether oxygens (including phenoxy) is 2. The summed E-state index contributed by atoms with van der Waals surface area (Å²) in [6.45, 7) is 3.25. The molecule has 34 heavy (non-hydrogen) atoms. The summed E-state index contributed by atoms with van der Waals surface area (Å²) in [6.07, 6.45) is 4.59. The molecule has 2 aliphatic rings. The molecule has 9 heteroatoms. The third kappa shape index (κ3) is 4.44. The molecule has 0 bridgehead atoms. The highest BCUT2D eigenvalue weighted by molar-refractivity contribution is 5.47. The maximum atomic E-state index is 13.4. The third-order valence-electron chi connectivity index (χ3n) is 7.04. The van der Waals surface area contributed by atoms with Crippen LogP contribution in [-0.2, 0) is 0 Å². The Labute approximate surface area is 199 Å². The molecule has 1 aliphatic heterocycles. The van der Waals surface area contributed by atoms with Crippen LogP contribution in [0, 0.1) is 5.82 Å². The van der Waals surface area contributed by atoms with Gasteiger partial charge in [-0.1, -0.05) is 12.8 Å². The summed E-state index contributed by atoms with van der Waals surface area (Å²) in [5.41, 5.74) is 2.03. The summed E-state index contributed by atoms with van der Waals surface area (Å²) < 4.78 is 26.8. The molecule has 3 aromatic rings. The van der Waals surface area contributed by atoms with E-state index in [0.29, 0.717) is 6.04 Å². The van der Waals surface area contributed by atoms with Crippen LogP contribution < -0.4 is 14.4 Å². The summed E-state index contributed by atoms with van der Waals surface area (Å²) in [6, 6.07) is 12.8. The first-order valence-corrected chi connectivity index (χ1v) is 11.9. The van der Waals surface area contributed by atoms with Crippen molar-refractivity contribution in [2.45, 2.75) is 37.8 Å². The van der Waals surface area contributed by atoms with Gasteiger partial charge < -0.3 is 14.4 Å². The van der Waals surface area contributed by atoms with E-state index in [1.807, 2.05) is 35.0 Å². The molecule has 0 unspecified atom stereocenters. The second kappa shape index (κ2) is 9.97. The molecule has 1 atom stereocenters. The van der Waals surface area contributed by atoms with Crippen molar-refractivity contribution in [3.8, 4) is 11.5 Å². The standard InChI is InChI=1S/C25H31FN6O2/c1-33-21-11-12-23(34-2)22(17-21)24(25-27-28-29-32(25)20-5-3-4-6-20)31-15-13-30(14-16-31)19-9-7-18(26)8-10-19/h7-12,17,20,24H,3-6,13-16H2,1-2H3/t24-/m0/s1. The van der Waals surface area contributed by atoms with E-state index in [1.54, 1.807) is 14.2 Å². The van der Waals surface area contributed by atoms with Gasteiger partial charge in [-0.2, -0.15) is 0 Å². The van der Waals surface area contributed by atoms with E-state index in [2.05, 4.69) is 25.3 Å². The summed E-state index contributed by atoms with van der Waals surface area (Å²) >= 11 is 0. The van der Waals surface area contributed by atoms with Gasteiger partial charge in [0.2, 0.25) is 0 Å². The molecule has 8 nitrogen and oxygen atoms in total. The fourth-order valence-electron chi connectivity index (χ4n) is 5.23. The molecular formula is C25H31FN6O2. The van der Waals surface area contributed by atoms with Gasteiger partial charge in [0.1, 0.15) is 23.4 Å². The Morgan fingerprint density at radius 3 is 2.35 bits per heavy atom. The molecular weight excluding hydrogens is 435 g/mol. The molecule has 0 N–H and O–H groups in total. The number of rotatable bonds is 7. The van der Waals surface area contributed by atoms with Crippen molar-refractivity contribution in [1.82, 2.24) is 25.1 Å². The zero-order chi connectivity index (χ0) is 23.5. The smallest absolute Gasteiger partial charge is 0.173 e. The number of aromatic nitrogens is 4. The van der Waals surface area contributed by atoms with E-state index in [-0.39, 0.29) is 11.9 Å². The second-order valence-corrected chi connectivity index (χ2v) is 8.93. The number of anilines is 1. The van der Waals surface area contributed by atoms with Crippen molar-refractivity contribution in [3.05, 3.63) is 59.7 Å². The van der Waals surface area contributed by atoms with E-state index >= 15 is 0 Å². The number of methoxy groups -OCH3 is 2. The van der Waals surface area contributed by atoms with Gasteiger partial charge in [-0.25, -0.2) is 9.07 Å². The predicted octanol–water partition coefficient (Wildman–Crippen LogP) is 3.86. The quantitative estimate of drug-likeness (QED) is 0.524. The SMILES string of the molecule is COc1ccc(OC)c([C@@H](c2nnnn2C2CCCC2)N2CCN(c3ccc(F)cc3)CC2)c1. The number of hydrogen-bond donors (Lipinski definition) is 0. The summed E-state index contributed by atoms with van der Waals surface area (Å²) in [7, 11) is 3.36. The Bertz CT molecular complexity index is 1090. The highest BCUT2D eigenvalue weighted by Crippen LogP contribution is 2.39. The first kappa shape index (κ1) is 22.6. The van der Waals surface area contributed by atoms with Crippen LogP contribution in [0.1, 0.15) is 49.2 Å². The largest absolute Gasteiger partial charge is 0.497 e. The molecule has 2 fully saturated rings. The lowest BCUT2D eigenvalue weighted by atomic mass is 10.0. The highest BCUT2D eigenvalue weighted by atomic mass is 19.1. The number of piperazine rings is 1. The molecule has 5 rings (SSSR count). The minimum atomic E-state index is -0.216. The monoisotopic (exact) mass is 466 g/mol. The second-order valence-electron chi connectivity index (χ2n) is 8.93. The van der Waals surface area contributed by atoms with Gasteiger partial charge in [-0.05, 0) is 65.7 Å². The number of benzene rings is 2. The van der Waals surface area contributed by atoms with E-state index in [1.165, 1.54) is 25.0 Å². The molecule has 180 valence electrons. The molecule has 1 aliphatic carbocycles. The molecule has 1 saturated heterocycles. The Morgan fingerprint density at radius 2 is 1.68 bits per heavy atom. The zero-order valence-corrected chi connectivity index (χ0v) is 19.7. The molecule has 2 heterocycles. The first-order valence-electron chi connectivity index (χ1n) is 11.9. The van der Waals surface area contributed by atoms with Crippen LogP contribution in [0.2, 0.25) is 0 Å². The average Bonchev–Trinajstić information content (AvgIpc) is 3.57. The van der Waals surface area contributed by atoms with Crippen LogP contribution in [0.25, 0.3) is 0 Å². The molecule has 0 radical (unpaired) electrons. The number of halogens is 1. The molecule has 0 spiro atoms. The van der Waals surface area contributed by atoms with Gasteiger partial charge in [-0.3, -0.25) is 4.90 Å². The van der Waals surface area contributed by atoms with Crippen LogP contribution in [0.4, 0.5) is 10.1 Å². The highest BCUT2D eigenvalue weighted by Gasteiger charge is 2.35. The van der Waals surface area contributed by atoms with Crippen molar-refractivity contribution in [3.63, 3.8) is 0 Å². The van der Waals surface area contributed by atoms with Gasteiger partial charge in [0.25, 0.3) is 0 Å². The minimum absolute atomic E-state index is 0.170. The van der Waals surface area contributed by atoms with Gasteiger partial charge >= 0.3 is 0 Å². The van der Waals surface area contributed by atoms with Crippen LogP contribution in [0.15, 0.2) is 42.5 Å². The van der Waals surface area contributed by atoms with Crippen LogP contribution in [-0.4, -0.2) is 65.5 Å². The Morgan fingerprint density at radius 1 is 0.941 bits per heavy atom. The maximum absolute atomic E-state index is 13.4. The fourth-order valence-corrected chi connectivity index (χ4v) is 5.23. The molecule has 1 aromatic heterocycles. The Balaban J connectivity index is 1.49. The number of nitrogens with zero attached hydrogens (tertiary/aromatic N) is 6. The Hall–Kier alpha value is -3.20. The van der Waals surface area contributed by atoms with Crippen molar-refractivity contribution in [2.24, 2.45) is 0 Å². The summed E-state index contributed by atoms with van der Waals surface area (Å²) in [4.78, 5) is 4.70. The summed E-state index contributed by atoms with van der Waals surface area (Å²) in [5, 5.41) is 13.1. The summed E-state index contributed by atoms with van der Waals surface area (Å²) in [5.74, 6) is 2.18. The van der Waals surface area contributed by atoms with Crippen molar-refractivity contribution < 1.29 is 13.9 Å². The topological polar surface area (TPSA) is 68.5 Å². The lowest BCUT2D eigenvalue weighted by Crippen LogP contribution is -2.48. The van der Waals surface area contributed by atoms with E-state index in [0.717, 1.165) is 67.6 Å². The lowest BCUT2D eigenvalue weighted by Gasteiger charge is -2.40. The molecule has 1 saturated carbocycles. The van der Waals surface area contributed by atoms with E-state index < -0.39 is 0 Å². The van der Waals surface area contributed by atoms with Gasteiger partial charge in [0, 0.05) is 37.4 Å². The molecule has 0 amide bonds. The minimum Gasteiger partial charge on any atom is -0.497 e. The van der Waals surface area contributed by atoms with Crippen LogP contribution in [0.3, 0.4) is 0 Å². The van der Waals surface area contributed by atoms with Crippen molar-refractivity contribution >= 4 is 5.69 Å². The van der Waals surface area contributed by atoms with Gasteiger partial charge in [-0.15, -0.1) is 5.10 Å². The van der Waals surface area contributed by atoms with E-state index in [9.17, 15) is 4.39 Å². The maximum Gasteiger partial charge on any atom is 0.173 e. The van der Waals surface area contributed by atoms with Crippen molar-refractivity contribution in [1.29, 1.82) is 0 Å². The lowest BCUT2D eigenvalue weighted by molar-refractivity contribution is 0.194. The zero-order valence-electron chi connectivity index (χ0n) is 19.7. The van der Waals surface area contributed by atoms with Gasteiger partial charge in [0.05, 0.1) is 20.3 Å². The van der Waals surface area contributed by atoms with Gasteiger partial charge in [0.15, 0.2) is 5.82 Å². The van der Waals surface area contributed by atoms with Crippen molar-refractivity contribution in [2.75, 3.05) is 45.3 Å². The number of tetrazole rings is 1. The average molecular weight is 467 g/mol. The Kier molecular flexibility index (Phi) is 6.62. The fraction of sp³-hybridized carbons (Fsp3) is 0.480. The first-order chi connectivity index (χ1) is 16.7. The van der Waals surface area contributed by atoms with E-state index in [4.69, 9.17) is 9.47 Å². The van der Waals surface area contributed by atoms with Crippen LogP contribution in [0.5, 0.6) is 11.5 Å². The third-order valence-corrected chi connectivity index (χ3v) is 7.04. The van der Waals surface area contributed by atoms with Crippen LogP contribution >= 0.6 is 0 Å². The normalized spacial score (nSPS) is 18.3. The predicted molar refractivity (Wildman–Crippen MR) is 127 cm³/mol.